The van der Waals surface area contributed by atoms with Crippen molar-refractivity contribution in [2.75, 3.05) is 137 Å². The smallest absolute Gasteiger partial charge is 0.239 e. The van der Waals surface area contributed by atoms with Crippen LogP contribution in [0.4, 0.5) is 23.0 Å². The second-order valence-electron chi connectivity index (χ2n) is 26.2. The number of hydrogen-bond donors (Lipinski definition) is 7. The van der Waals surface area contributed by atoms with Gasteiger partial charge >= 0.3 is 0 Å². The second kappa shape index (κ2) is 61.8. The summed E-state index contributed by atoms with van der Waals surface area (Å²) in [5.41, 5.74) is 10.8. The summed E-state index contributed by atoms with van der Waals surface area (Å²) in [5.74, 6) is 4.46. The first-order valence-electron chi connectivity index (χ1n) is 39.5. The van der Waals surface area contributed by atoms with E-state index in [1.165, 1.54) is 24.3 Å². The summed E-state index contributed by atoms with van der Waals surface area (Å²) in [7, 11) is 4.87. The van der Waals surface area contributed by atoms with Crippen molar-refractivity contribution in [3.8, 4) is 76.2 Å². The Morgan fingerprint density at radius 1 is 0.422 bits per heavy atom. The summed E-state index contributed by atoms with van der Waals surface area (Å²) in [6.07, 6.45) is -0.207. The van der Waals surface area contributed by atoms with Gasteiger partial charge in [0.15, 0.2) is 37.7 Å². The molecule has 8 N–H and O–H groups in total. The van der Waals surface area contributed by atoms with Crippen molar-refractivity contribution < 1.29 is 101 Å². The Hall–Kier alpha value is -10.3. The molecule has 4 aliphatic rings. The van der Waals surface area contributed by atoms with Gasteiger partial charge in [-0.1, -0.05) is 148 Å². The zero-order valence-corrected chi connectivity index (χ0v) is 84.0. The largest absolute Gasteiger partial charge is 0.508 e. The number of aldehydes is 2. The van der Waals surface area contributed by atoms with Crippen molar-refractivity contribution in [1.82, 2.24) is 24.9 Å². The SMILES string of the molecule is COCCN.COCCNc1ccc(C#N)c(Oc2ccc(Br)c(C3OCCO3)c2)n1.COCCNc1ccc(C#N)c(Oc2ccc(Br)c(C=O)c2)n1.N#Cc1ccc(Cl)nc1Oc1ccc(Br)c(C2OCCO2)c1.O=Cc1cc(O)ccc1Br.OCCO.Oc1ccc(Br)c(C2OCCO2)c1.[C-]#[N+]c1ccc(Cl)nc1Cl.[C-]#[N+]c1ccc(Oc2ccc(Br)c(C3OCCO3)c2)nc1Cl. The van der Waals surface area contributed by atoms with Gasteiger partial charge in [0, 0.05) is 101 Å². The lowest BCUT2D eigenvalue weighted by atomic mass is 10.2. The van der Waals surface area contributed by atoms with Crippen molar-refractivity contribution in [3.05, 3.63) is 290 Å². The maximum atomic E-state index is 11.0. The molecule has 6 aromatic carbocycles. The van der Waals surface area contributed by atoms with Crippen molar-refractivity contribution >= 4 is 178 Å². The molecule has 0 radical (unpaired) electrons. The normalized spacial score (nSPS) is 12.9. The molecule has 0 atom stereocenters. The number of carbonyl (C=O) groups excluding carboxylic acids is 2. The number of aromatic nitrogens is 5. The Balaban J connectivity index is 0.000000216. The standard InChI is InChI=1S/C18H18BrN3O4.C16H14BrN3O3.2C15H10BrClN2O3.C9H9BrO3.C7H5BrO2.C6H2Cl2N2.C3H9NO.C2H6O2/c1-23-7-6-21-16-5-2-12(11-20)17(22-16)26-13-3-4-15(19)14(10-13)18-24-8-9-25-18;1-22-7-6-19-15-5-2-11(9-18)16(20-15)23-13-3-4-14(17)12(8-13)10-21;1-18-12-4-5-13(19-14(12)17)22-9-2-3-11(16)10(8-9)15-20-6-7-21-15;16-12-3-2-10(7-11(12)15-20-5-6-21-15)22-14-9(8-18)1-4-13(17)19-14;10-8-2-1-6(11)5-7(8)9-12-3-4-13-9;8-7-2-1-6(10)3-5(7)4-9;1-9-4-2-3-5(7)10-6(4)8;1-5-3-2-4;3-1-2-4/h2-5,10,18H,6-9H2,1H3,(H,21,22);2-5,8,10H,6-7H2,1H3,(H,19,20);2-5,8,15H,6-7H2;1-4,7,15H,5-6H2;1-2,5,9,11H,3-4H2;1-4,10H;2-3H;2-4H2,1H3;3-4H,1-2H2. The van der Waals surface area contributed by atoms with Crippen LogP contribution in [0.25, 0.3) is 9.69 Å². The van der Waals surface area contributed by atoms with Gasteiger partial charge in [-0.3, -0.25) is 9.59 Å². The average molecular weight is 2320 g/mol. The molecule has 0 spiro atoms. The van der Waals surface area contributed by atoms with E-state index in [2.05, 4.69) is 152 Å². The molecule has 4 saturated heterocycles. The van der Waals surface area contributed by atoms with Gasteiger partial charge in [-0.05, 0) is 164 Å². The molecule has 5 aromatic heterocycles. The molecule has 4 aliphatic heterocycles. The van der Waals surface area contributed by atoms with E-state index in [0.717, 1.165) is 46.4 Å². The fourth-order valence-electron chi connectivity index (χ4n) is 10.6. The predicted molar refractivity (Wildman–Crippen MR) is 522 cm³/mol. The van der Waals surface area contributed by atoms with Crippen LogP contribution >= 0.6 is 142 Å². The highest BCUT2D eigenvalue weighted by atomic mass is 79.9. The Morgan fingerprint density at radius 2 is 0.748 bits per heavy atom. The number of aromatic hydroxyl groups is 2. The first-order valence-corrected chi connectivity index (χ1v) is 45.8. The number of aliphatic hydroxyl groups is 2. The third-order valence-electron chi connectivity index (χ3n) is 16.8. The number of phenols is 2. The number of halogens is 10. The van der Waals surface area contributed by atoms with E-state index in [4.69, 9.17) is 152 Å². The Morgan fingerprint density at radius 3 is 1.10 bits per heavy atom. The first-order chi connectivity index (χ1) is 65.3. The molecule has 0 aliphatic carbocycles. The van der Waals surface area contributed by atoms with Crippen LogP contribution < -0.4 is 35.3 Å². The molecule has 708 valence electrons. The van der Waals surface area contributed by atoms with E-state index in [9.17, 15) is 25.2 Å². The van der Waals surface area contributed by atoms with Crippen LogP contribution in [0.3, 0.4) is 0 Å². The number of ether oxygens (including phenoxy) is 15. The summed E-state index contributed by atoms with van der Waals surface area (Å²) < 4.78 is 86.0. The summed E-state index contributed by atoms with van der Waals surface area (Å²) >= 11 is 43.0. The number of hydrogen-bond acceptors (Lipinski definition) is 32. The van der Waals surface area contributed by atoms with Gasteiger partial charge in [0.05, 0.1) is 99.0 Å². The number of aliphatic hydroxyl groups excluding tert-OH is 2. The molecule has 11 aromatic rings. The molecule has 135 heavy (non-hydrogen) atoms. The molecule has 15 rings (SSSR count). The number of phenolic OH excluding ortho intramolecular Hbond substituents is 2. The lowest BCUT2D eigenvalue weighted by Gasteiger charge is -2.14. The average Bonchev–Trinajstić information content (AvgIpc) is 1.82. The third kappa shape index (κ3) is 38.0. The fraction of sp³-hybridized carbons (Fsp3) is 0.253. The van der Waals surface area contributed by atoms with Gasteiger partial charge in [-0.25, -0.2) is 24.6 Å². The van der Waals surface area contributed by atoms with Crippen LogP contribution in [-0.2, 0) is 52.1 Å². The number of anilines is 2. The minimum absolute atomic E-state index is 0.102. The molecular weight excluding hydrogens is 2230 g/mol. The molecule has 4 fully saturated rings. The molecule has 34 nitrogen and oxygen atoms in total. The molecule has 0 amide bonds. The number of nitriles is 3. The molecule has 44 heteroatoms. The van der Waals surface area contributed by atoms with Crippen LogP contribution in [0.15, 0.2) is 197 Å². The van der Waals surface area contributed by atoms with Crippen molar-refractivity contribution in [2.45, 2.75) is 25.2 Å². The molecule has 0 saturated carbocycles. The number of benzene rings is 6. The van der Waals surface area contributed by atoms with Crippen molar-refractivity contribution in [3.63, 3.8) is 0 Å². The number of nitrogens with zero attached hydrogens (tertiary/aromatic N) is 10. The predicted octanol–water partition coefficient (Wildman–Crippen LogP) is 21.8. The van der Waals surface area contributed by atoms with Crippen LogP contribution in [0.1, 0.15) is 84.8 Å². The third-order valence-corrected chi connectivity index (χ3v) is 22.2. The summed E-state index contributed by atoms with van der Waals surface area (Å²) in [4.78, 5) is 48.0. The minimum Gasteiger partial charge on any atom is -0.508 e. The van der Waals surface area contributed by atoms with E-state index in [-0.39, 0.29) is 64.1 Å². The van der Waals surface area contributed by atoms with Crippen LogP contribution in [0.2, 0.25) is 20.6 Å². The number of pyridine rings is 5. The molecular formula is C91H83Br6Cl4N13O21. The summed E-state index contributed by atoms with van der Waals surface area (Å²) in [6, 6.07) is 53.0. The highest BCUT2D eigenvalue weighted by Gasteiger charge is 2.27. The van der Waals surface area contributed by atoms with Gasteiger partial charge in [-0.2, -0.15) is 25.8 Å². The topological polar surface area (TPSA) is 448 Å². The fourth-order valence-corrected chi connectivity index (χ4v) is 13.7. The summed E-state index contributed by atoms with van der Waals surface area (Å²) in [5, 5.41) is 68.0. The zero-order chi connectivity index (χ0) is 98.0. The number of rotatable bonds is 25. The van der Waals surface area contributed by atoms with E-state index in [1.54, 1.807) is 137 Å². The number of methoxy groups -OCH3 is 3. The Bertz CT molecular complexity index is 5900. The van der Waals surface area contributed by atoms with Gasteiger partial charge in [-0.15, -0.1) is 0 Å². The monoisotopic (exact) mass is 2310 g/mol. The number of nitrogens with one attached hydrogen (secondary N) is 2. The van der Waals surface area contributed by atoms with Crippen molar-refractivity contribution in [1.29, 1.82) is 15.8 Å². The minimum atomic E-state index is -0.432. The maximum absolute atomic E-state index is 11.0. The van der Waals surface area contributed by atoms with Gasteiger partial charge in [0.2, 0.25) is 34.9 Å². The lowest BCUT2D eigenvalue weighted by Crippen LogP contribution is -2.09. The highest BCUT2D eigenvalue weighted by Crippen LogP contribution is 2.40. The summed E-state index contributed by atoms with van der Waals surface area (Å²) in [6.45, 7) is 21.4. The maximum Gasteiger partial charge on any atom is 0.239 e. The van der Waals surface area contributed by atoms with Gasteiger partial charge < -0.3 is 108 Å². The molecule has 0 bridgehead atoms. The van der Waals surface area contributed by atoms with Crippen LogP contribution in [0.5, 0.6) is 58.0 Å². The quantitative estimate of drug-likeness (QED) is 0.0121. The van der Waals surface area contributed by atoms with Crippen LogP contribution in [-0.4, -0.2) is 185 Å². The lowest BCUT2D eigenvalue weighted by molar-refractivity contribution is -0.0449. The Labute approximate surface area is 847 Å². The number of nitrogens with two attached hydrogens (primary N) is 1. The zero-order valence-electron chi connectivity index (χ0n) is 71.5. The van der Waals surface area contributed by atoms with Gasteiger partial charge in [0.25, 0.3) is 0 Å². The molecule has 0 unspecified atom stereocenters. The molecule has 9 heterocycles. The van der Waals surface area contributed by atoms with E-state index in [1.807, 2.05) is 42.5 Å². The van der Waals surface area contributed by atoms with E-state index >= 15 is 0 Å². The first kappa shape index (κ1) is 112. The van der Waals surface area contributed by atoms with E-state index in [0.29, 0.717) is 192 Å². The Kier molecular flexibility index (Phi) is 51.1. The van der Waals surface area contributed by atoms with Crippen molar-refractivity contribution in [2.24, 2.45) is 5.73 Å². The van der Waals surface area contributed by atoms with Gasteiger partial charge in [0.1, 0.15) is 102 Å². The van der Waals surface area contributed by atoms with E-state index < -0.39 is 18.9 Å². The van der Waals surface area contributed by atoms with Crippen LogP contribution in [0, 0.1) is 47.1 Å². The highest BCUT2D eigenvalue weighted by molar-refractivity contribution is 9.11. The second-order valence-corrected chi connectivity index (χ2v) is 32.8. The number of carbonyl (C=O) groups is 2.